The van der Waals surface area contributed by atoms with Gasteiger partial charge in [0, 0.05) is 30.1 Å². The van der Waals surface area contributed by atoms with Crippen molar-refractivity contribution in [2.24, 2.45) is 0 Å². The van der Waals surface area contributed by atoms with E-state index in [4.69, 9.17) is 4.98 Å². The molecule has 1 aliphatic heterocycles. The van der Waals surface area contributed by atoms with Crippen molar-refractivity contribution in [2.45, 2.75) is 19.5 Å². The topological polar surface area (TPSA) is 66.5 Å². The smallest absolute Gasteiger partial charge is 0.182 e. The molecule has 0 spiro atoms. The molecule has 0 radical (unpaired) electrons. The van der Waals surface area contributed by atoms with Crippen molar-refractivity contribution in [2.75, 3.05) is 6.54 Å². The van der Waals surface area contributed by atoms with E-state index in [0.29, 0.717) is 5.82 Å². The lowest BCUT2D eigenvalue weighted by molar-refractivity contribution is 0.249. The maximum atomic E-state index is 9.55. The Bertz CT molecular complexity index is 1360. The van der Waals surface area contributed by atoms with Crippen LogP contribution in [0.5, 0.6) is 5.75 Å². The lowest BCUT2D eigenvalue weighted by atomic mass is 10.0. The second-order valence-corrected chi connectivity index (χ2v) is 8.71. The highest BCUT2D eigenvalue weighted by molar-refractivity contribution is 7.19. The molecule has 5 aromatic rings. The molecule has 0 amide bonds. The third-order valence-corrected chi connectivity index (χ3v) is 6.76. The molecule has 30 heavy (non-hydrogen) atoms. The van der Waals surface area contributed by atoms with Gasteiger partial charge in [-0.2, -0.15) is 0 Å². The first kappa shape index (κ1) is 17.6. The van der Waals surface area contributed by atoms with E-state index in [2.05, 4.69) is 45.3 Å². The molecule has 0 bridgehead atoms. The summed E-state index contributed by atoms with van der Waals surface area (Å²) in [4.78, 5) is 14.4. The van der Waals surface area contributed by atoms with E-state index in [1.807, 2.05) is 12.1 Å². The van der Waals surface area contributed by atoms with Gasteiger partial charge in [-0.15, -0.1) is 16.4 Å². The fourth-order valence-corrected chi connectivity index (χ4v) is 5.38. The average Bonchev–Trinajstić information content (AvgIpc) is 3.35. The van der Waals surface area contributed by atoms with Crippen molar-refractivity contribution < 1.29 is 5.11 Å². The molecule has 4 heterocycles. The van der Waals surface area contributed by atoms with E-state index in [-0.39, 0.29) is 5.75 Å². The molecule has 3 aromatic heterocycles. The first-order valence-electron chi connectivity index (χ1n) is 9.96. The summed E-state index contributed by atoms with van der Waals surface area (Å²) in [7, 11) is 0. The standard InChI is InChI=1S/C23H19N5OS/c29-17-8-6-16(7-9-17)21-25-22-20-18-10-11-27(12-15-4-2-1-3-5-15)13-19(18)30-23(20)24-14-28(22)26-21/h1-9,14,29H,10-13H2. The van der Waals surface area contributed by atoms with Gasteiger partial charge < -0.3 is 5.11 Å². The fourth-order valence-electron chi connectivity index (χ4n) is 4.15. The molecule has 7 heteroatoms. The molecule has 148 valence electrons. The second-order valence-electron chi connectivity index (χ2n) is 7.63. The summed E-state index contributed by atoms with van der Waals surface area (Å²) in [5.41, 5.74) is 4.44. The molecule has 0 unspecified atom stereocenters. The molecule has 2 aromatic carbocycles. The zero-order valence-electron chi connectivity index (χ0n) is 16.2. The minimum atomic E-state index is 0.235. The predicted octanol–water partition coefficient (Wildman–Crippen LogP) is 4.27. The van der Waals surface area contributed by atoms with Gasteiger partial charge in [0.05, 0.1) is 5.39 Å². The van der Waals surface area contributed by atoms with Gasteiger partial charge in [0.1, 0.15) is 16.9 Å². The number of fused-ring (bicyclic) bond motifs is 5. The van der Waals surface area contributed by atoms with Gasteiger partial charge in [-0.25, -0.2) is 14.5 Å². The van der Waals surface area contributed by atoms with Crippen LogP contribution in [0.15, 0.2) is 60.9 Å². The van der Waals surface area contributed by atoms with E-state index in [1.54, 1.807) is 34.3 Å². The molecular formula is C23H19N5OS. The van der Waals surface area contributed by atoms with Crippen LogP contribution in [0.3, 0.4) is 0 Å². The summed E-state index contributed by atoms with van der Waals surface area (Å²) >= 11 is 1.77. The van der Waals surface area contributed by atoms with Gasteiger partial charge in [-0.05, 0) is 41.8 Å². The van der Waals surface area contributed by atoms with Crippen molar-refractivity contribution in [3.63, 3.8) is 0 Å². The van der Waals surface area contributed by atoms with Crippen molar-refractivity contribution in [1.82, 2.24) is 24.5 Å². The maximum Gasteiger partial charge on any atom is 0.182 e. The number of phenolic OH excluding ortho intramolecular Hbond substituents is 1. The Morgan fingerprint density at radius 2 is 1.87 bits per heavy atom. The third-order valence-electron chi connectivity index (χ3n) is 5.63. The SMILES string of the molecule is Oc1ccc(-c2nc3c4c5c(sc4ncn3n2)CN(Cc2ccccc2)CC5)cc1. The first-order chi connectivity index (χ1) is 14.7. The van der Waals surface area contributed by atoms with Crippen LogP contribution in [0.4, 0.5) is 0 Å². The van der Waals surface area contributed by atoms with Crippen molar-refractivity contribution in [3.05, 3.63) is 76.9 Å². The monoisotopic (exact) mass is 413 g/mol. The number of hydrogen-bond donors (Lipinski definition) is 1. The van der Waals surface area contributed by atoms with Gasteiger partial charge in [-0.3, -0.25) is 4.90 Å². The Hall–Kier alpha value is -3.29. The molecule has 0 saturated heterocycles. The predicted molar refractivity (Wildman–Crippen MR) is 118 cm³/mol. The van der Waals surface area contributed by atoms with Gasteiger partial charge in [0.25, 0.3) is 0 Å². The lowest BCUT2D eigenvalue weighted by Gasteiger charge is -2.26. The number of phenols is 1. The van der Waals surface area contributed by atoms with E-state index >= 15 is 0 Å². The van der Waals surface area contributed by atoms with Crippen LogP contribution in [0, 0.1) is 0 Å². The number of thiophene rings is 1. The van der Waals surface area contributed by atoms with Crippen LogP contribution >= 0.6 is 11.3 Å². The van der Waals surface area contributed by atoms with Crippen LogP contribution in [0.25, 0.3) is 27.3 Å². The van der Waals surface area contributed by atoms with Gasteiger partial charge >= 0.3 is 0 Å². The minimum Gasteiger partial charge on any atom is -0.508 e. The van der Waals surface area contributed by atoms with Crippen LogP contribution in [-0.2, 0) is 19.5 Å². The Labute approximate surface area is 177 Å². The summed E-state index contributed by atoms with van der Waals surface area (Å²) < 4.78 is 1.77. The Kier molecular flexibility index (Phi) is 4.04. The van der Waals surface area contributed by atoms with E-state index in [1.165, 1.54) is 16.0 Å². The highest BCUT2D eigenvalue weighted by Crippen LogP contribution is 2.36. The molecule has 6 nitrogen and oxygen atoms in total. The van der Waals surface area contributed by atoms with E-state index in [9.17, 15) is 5.11 Å². The van der Waals surface area contributed by atoms with E-state index < -0.39 is 0 Å². The van der Waals surface area contributed by atoms with Crippen LogP contribution in [0.1, 0.15) is 16.0 Å². The molecule has 0 fully saturated rings. The van der Waals surface area contributed by atoms with Crippen molar-refractivity contribution >= 4 is 27.2 Å². The largest absolute Gasteiger partial charge is 0.508 e. The number of benzene rings is 2. The molecular weight excluding hydrogens is 394 g/mol. The van der Waals surface area contributed by atoms with Gasteiger partial charge in [0.2, 0.25) is 0 Å². The van der Waals surface area contributed by atoms with Crippen LogP contribution in [-0.4, -0.2) is 36.1 Å². The number of aromatic hydroxyl groups is 1. The number of rotatable bonds is 3. The van der Waals surface area contributed by atoms with Gasteiger partial charge in [0.15, 0.2) is 11.5 Å². The number of aromatic nitrogens is 4. The Morgan fingerprint density at radius 3 is 2.70 bits per heavy atom. The first-order valence-corrected chi connectivity index (χ1v) is 10.8. The number of nitrogens with zero attached hydrogens (tertiary/aromatic N) is 5. The zero-order chi connectivity index (χ0) is 20.1. The number of hydrogen-bond acceptors (Lipinski definition) is 6. The quantitative estimate of drug-likeness (QED) is 0.478. The van der Waals surface area contributed by atoms with Crippen LogP contribution < -0.4 is 0 Å². The molecule has 0 saturated carbocycles. The zero-order valence-corrected chi connectivity index (χ0v) is 17.0. The minimum absolute atomic E-state index is 0.235. The summed E-state index contributed by atoms with van der Waals surface area (Å²) in [6, 6.07) is 17.6. The highest BCUT2D eigenvalue weighted by Gasteiger charge is 2.24. The van der Waals surface area contributed by atoms with Crippen LogP contribution in [0.2, 0.25) is 0 Å². The summed E-state index contributed by atoms with van der Waals surface area (Å²) in [6.07, 6.45) is 2.74. The Morgan fingerprint density at radius 1 is 1.03 bits per heavy atom. The summed E-state index contributed by atoms with van der Waals surface area (Å²) in [6.45, 7) is 2.93. The Balaban J connectivity index is 1.39. The highest BCUT2D eigenvalue weighted by atomic mass is 32.1. The normalized spacial score (nSPS) is 14.4. The fraction of sp³-hybridized carbons (Fsp3) is 0.174. The second kappa shape index (κ2) is 6.90. The molecule has 0 atom stereocenters. The third kappa shape index (κ3) is 2.94. The van der Waals surface area contributed by atoms with Crippen molar-refractivity contribution in [1.29, 1.82) is 0 Å². The average molecular weight is 414 g/mol. The molecule has 1 aliphatic rings. The summed E-state index contributed by atoms with van der Waals surface area (Å²) in [5.74, 6) is 0.879. The lowest BCUT2D eigenvalue weighted by Crippen LogP contribution is -2.29. The molecule has 6 rings (SSSR count). The molecule has 0 aliphatic carbocycles. The maximum absolute atomic E-state index is 9.55. The van der Waals surface area contributed by atoms with Gasteiger partial charge in [-0.1, -0.05) is 30.3 Å². The summed E-state index contributed by atoms with van der Waals surface area (Å²) in [5, 5.41) is 15.3. The van der Waals surface area contributed by atoms with E-state index in [0.717, 1.165) is 47.5 Å². The van der Waals surface area contributed by atoms with Crippen molar-refractivity contribution in [3.8, 4) is 17.1 Å². The molecule has 1 N–H and O–H groups in total.